The van der Waals surface area contributed by atoms with E-state index >= 15 is 0 Å². The predicted molar refractivity (Wildman–Crippen MR) is 92.1 cm³/mol. The minimum absolute atomic E-state index is 0.0870. The molecule has 5 nitrogen and oxygen atoms in total. The summed E-state index contributed by atoms with van der Waals surface area (Å²) in [6, 6.07) is 8.26. The molecule has 1 aliphatic rings. The second kappa shape index (κ2) is 7.42. The fraction of sp³-hybridized carbons (Fsp3) is 0.444. The van der Waals surface area contributed by atoms with Crippen LogP contribution in [0.5, 0.6) is 0 Å². The van der Waals surface area contributed by atoms with E-state index in [2.05, 4.69) is 44.5 Å². The molecule has 0 aliphatic carbocycles. The molecule has 0 unspecified atom stereocenters. The van der Waals surface area contributed by atoms with E-state index in [1.807, 2.05) is 12.4 Å². The highest BCUT2D eigenvalue weighted by Gasteiger charge is 2.21. The first-order valence-electron chi connectivity index (χ1n) is 8.26. The Balaban J connectivity index is 1.49. The number of carbonyl (C=O) groups excluding carboxylic acids is 1. The zero-order valence-corrected chi connectivity index (χ0v) is 13.4. The Morgan fingerprint density at radius 1 is 1.35 bits per heavy atom. The molecule has 3 rings (SSSR count). The van der Waals surface area contributed by atoms with Gasteiger partial charge in [-0.15, -0.1) is 6.58 Å². The van der Waals surface area contributed by atoms with Crippen LogP contribution in [0.4, 0.5) is 0 Å². The molecule has 1 aromatic carbocycles. The third kappa shape index (κ3) is 3.99. The predicted octanol–water partition coefficient (Wildman–Crippen LogP) is 2.05. The van der Waals surface area contributed by atoms with Gasteiger partial charge in [0.25, 0.3) is 0 Å². The van der Waals surface area contributed by atoms with Crippen molar-refractivity contribution in [1.29, 1.82) is 0 Å². The number of nitrogens with zero attached hydrogens (tertiary/aromatic N) is 3. The van der Waals surface area contributed by atoms with Crippen molar-refractivity contribution in [1.82, 2.24) is 19.8 Å². The van der Waals surface area contributed by atoms with E-state index in [1.165, 1.54) is 5.52 Å². The van der Waals surface area contributed by atoms with E-state index in [4.69, 9.17) is 0 Å². The lowest BCUT2D eigenvalue weighted by Gasteiger charge is -2.31. The standard InChI is InChI=1S/C18H24N4O/c1-2-9-19-18(23)13-21-10-7-15(8-11-21)12-22-14-20-16-5-3-4-6-17(16)22/h2-6,14-15H,1,7-13H2,(H,19,23). The number of aromatic nitrogens is 2. The van der Waals surface area contributed by atoms with E-state index in [9.17, 15) is 4.79 Å². The average Bonchev–Trinajstić information content (AvgIpc) is 2.98. The number of hydrogen-bond donors (Lipinski definition) is 1. The largest absolute Gasteiger partial charge is 0.352 e. The molecule has 23 heavy (non-hydrogen) atoms. The van der Waals surface area contributed by atoms with Gasteiger partial charge in [0.15, 0.2) is 0 Å². The van der Waals surface area contributed by atoms with E-state index in [0.29, 0.717) is 19.0 Å². The SMILES string of the molecule is C=CCNC(=O)CN1CCC(Cn2cnc3ccccc32)CC1. The van der Waals surface area contributed by atoms with Crippen molar-refractivity contribution in [2.75, 3.05) is 26.2 Å². The summed E-state index contributed by atoms with van der Waals surface area (Å²) < 4.78 is 2.26. The molecule has 1 saturated heterocycles. The van der Waals surface area contributed by atoms with Gasteiger partial charge in [-0.1, -0.05) is 18.2 Å². The molecule has 0 radical (unpaired) electrons. The van der Waals surface area contributed by atoms with Gasteiger partial charge in [0.05, 0.1) is 23.9 Å². The zero-order chi connectivity index (χ0) is 16.1. The number of imidazole rings is 1. The number of piperidine rings is 1. The molecule has 0 bridgehead atoms. The number of para-hydroxylation sites is 2. The monoisotopic (exact) mass is 312 g/mol. The molecule has 1 fully saturated rings. The van der Waals surface area contributed by atoms with Crippen molar-refractivity contribution in [2.24, 2.45) is 5.92 Å². The van der Waals surface area contributed by atoms with E-state index in [1.54, 1.807) is 6.08 Å². The van der Waals surface area contributed by atoms with Crippen LogP contribution in [-0.4, -0.2) is 46.5 Å². The van der Waals surface area contributed by atoms with Gasteiger partial charge in [-0.2, -0.15) is 0 Å². The molecule has 1 aliphatic heterocycles. The highest BCUT2D eigenvalue weighted by molar-refractivity contribution is 5.78. The summed E-state index contributed by atoms with van der Waals surface area (Å²) in [5.41, 5.74) is 2.27. The lowest BCUT2D eigenvalue weighted by atomic mass is 9.96. The van der Waals surface area contributed by atoms with Gasteiger partial charge in [-0.05, 0) is 44.0 Å². The van der Waals surface area contributed by atoms with Crippen molar-refractivity contribution < 1.29 is 4.79 Å². The van der Waals surface area contributed by atoms with Crippen molar-refractivity contribution in [3.8, 4) is 0 Å². The van der Waals surface area contributed by atoms with Crippen LogP contribution >= 0.6 is 0 Å². The summed E-state index contributed by atoms with van der Waals surface area (Å²) >= 11 is 0. The molecule has 0 atom stereocenters. The summed E-state index contributed by atoms with van der Waals surface area (Å²) in [4.78, 5) is 18.4. The van der Waals surface area contributed by atoms with Crippen LogP contribution in [0, 0.1) is 5.92 Å². The number of fused-ring (bicyclic) bond motifs is 1. The minimum Gasteiger partial charge on any atom is -0.352 e. The third-order valence-corrected chi connectivity index (χ3v) is 4.50. The Morgan fingerprint density at radius 2 is 2.13 bits per heavy atom. The molecule has 2 heterocycles. The van der Waals surface area contributed by atoms with Gasteiger partial charge in [0.1, 0.15) is 0 Å². The summed E-state index contributed by atoms with van der Waals surface area (Å²) in [6.07, 6.45) is 5.90. The van der Waals surface area contributed by atoms with Gasteiger partial charge in [-0.25, -0.2) is 4.98 Å². The smallest absolute Gasteiger partial charge is 0.234 e. The molecule has 2 aromatic rings. The Hall–Kier alpha value is -2.14. The second-order valence-electron chi connectivity index (χ2n) is 6.20. The van der Waals surface area contributed by atoms with Crippen LogP contribution in [0.25, 0.3) is 11.0 Å². The van der Waals surface area contributed by atoms with E-state index in [-0.39, 0.29) is 5.91 Å². The lowest BCUT2D eigenvalue weighted by molar-refractivity contribution is -0.122. The summed E-state index contributed by atoms with van der Waals surface area (Å²) in [6.45, 7) is 7.63. The van der Waals surface area contributed by atoms with Gasteiger partial charge >= 0.3 is 0 Å². The highest BCUT2D eigenvalue weighted by Crippen LogP contribution is 2.21. The average molecular weight is 312 g/mol. The van der Waals surface area contributed by atoms with Crippen LogP contribution < -0.4 is 5.32 Å². The molecule has 5 heteroatoms. The number of benzene rings is 1. The summed E-state index contributed by atoms with van der Waals surface area (Å²) in [5, 5.41) is 2.84. The number of nitrogens with one attached hydrogen (secondary N) is 1. The number of amides is 1. The quantitative estimate of drug-likeness (QED) is 0.831. The number of carbonyl (C=O) groups is 1. The van der Waals surface area contributed by atoms with Crippen LogP contribution in [0.15, 0.2) is 43.2 Å². The van der Waals surface area contributed by atoms with Gasteiger partial charge < -0.3 is 9.88 Å². The molecule has 1 amide bonds. The van der Waals surface area contributed by atoms with Gasteiger partial charge in [0, 0.05) is 13.1 Å². The fourth-order valence-electron chi connectivity index (χ4n) is 3.21. The molecular weight excluding hydrogens is 288 g/mol. The van der Waals surface area contributed by atoms with Crippen LogP contribution in [0.2, 0.25) is 0 Å². The van der Waals surface area contributed by atoms with Crippen molar-refractivity contribution in [2.45, 2.75) is 19.4 Å². The minimum atomic E-state index is 0.0870. The lowest BCUT2D eigenvalue weighted by Crippen LogP contribution is -2.42. The van der Waals surface area contributed by atoms with Crippen molar-refractivity contribution in [3.63, 3.8) is 0 Å². The highest BCUT2D eigenvalue weighted by atomic mass is 16.2. The Bertz CT molecular complexity index is 670. The Kier molecular flexibility index (Phi) is 5.08. The number of rotatable bonds is 6. The Morgan fingerprint density at radius 3 is 2.91 bits per heavy atom. The van der Waals surface area contributed by atoms with Gasteiger partial charge in [0.2, 0.25) is 5.91 Å². The summed E-state index contributed by atoms with van der Waals surface area (Å²) in [7, 11) is 0. The molecule has 0 saturated carbocycles. The van der Waals surface area contributed by atoms with E-state index in [0.717, 1.165) is 38.0 Å². The fourth-order valence-corrected chi connectivity index (χ4v) is 3.21. The molecular formula is C18H24N4O. The first-order chi connectivity index (χ1) is 11.3. The Labute approximate surface area is 137 Å². The second-order valence-corrected chi connectivity index (χ2v) is 6.20. The van der Waals surface area contributed by atoms with Crippen molar-refractivity contribution >= 4 is 16.9 Å². The van der Waals surface area contributed by atoms with Crippen LogP contribution in [0.3, 0.4) is 0 Å². The molecule has 0 spiro atoms. The zero-order valence-electron chi connectivity index (χ0n) is 13.4. The third-order valence-electron chi connectivity index (χ3n) is 4.50. The molecule has 1 aromatic heterocycles. The first-order valence-corrected chi connectivity index (χ1v) is 8.26. The maximum absolute atomic E-state index is 11.7. The summed E-state index contributed by atoms with van der Waals surface area (Å²) in [5.74, 6) is 0.740. The van der Waals surface area contributed by atoms with Gasteiger partial charge in [-0.3, -0.25) is 9.69 Å². The maximum Gasteiger partial charge on any atom is 0.234 e. The maximum atomic E-state index is 11.7. The van der Waals surface area contributed by atoms with Crippen LogP contribution in [0.1, 0.15) is 12.8 Å². The van der Waals surface area contributed by atoms with Crippen LogP contribution in [-0.2, 0) is 11.3 Å². The normalized spacial score (nSPS) is 16.5. The first kappa shape index (κ1) is 15.7. The number of likely N-dealkylation sites (tertiary alicyclic amines) is 1. The molecule has 122 valence electrons. The molecule has 1 N–H and O–H groups in total. The van der Waals surface area contributed by atoms with Crippen molar-refractivity contribution in [3.05, 3.63) is 43.2 Å². The number of hydrogen-bond acceptors (Lipinski definition) is 3. The topological polar surface area (TPSA) is 50.2 Å². The van der Waals surface area contributed by atoms with E-state index < -0.39 is 0 Å².